The third-order valence-electron chi connectivity index (χ3n) is 0.765. The highest BCUT2D eigenvalue weighted by Gasteiger charge is 2.32. The van der Waals surface area contributed by atoms with Crippen LogP contribution in [0.3, 0.4) is 0 Å². The molecule has 0 saturated carbocycles. The Labute approximate surface area is 50.2 Å². The van der Waals surface area contributed by atoms with Crippen molar-refractivity contribution in [3.63, 3.8) is 0 Å². The standard InChI is InChI=1S/C5H5F3O/c1-2-4(3-9)5(6,7)8/h2-3H,1H3. The summed E-state index contributed by atoms with van der Waals surface area (Å²) in [6.45, 7) is 1.16. The van der Waals surface area contributed by atoms with Crippen LogP contribution in [0.5, 0.6) is 0 Å². The Balaban J connectivity index is 4.32. The molecule has 0 amide bonds. The van der Waals surface area contributed by atoms with Gasteiger partial charge in [-0.3, -0.25) is 4.79 Å². The van der Waals surface area contributed by atoms with Gasteiger partial charge >= 0.3 is 6.18 Å². The zero-order valence-corrected chi connectivity index (χ0v) is 4.70. The molecule has 0 aliphatic carbocycles. The first-order chi connectivity index (χ1) is 4.02. The quantitative estimate of drug-likeness (QED) is 0.398. The fraction of sp³-hybridized carbons (Fsp3) is 0.400. The molecule has 52 valence electrons. The topological polar surface area (TPSA) is 17.1 Å². The van der Waals surface area contributed by atoms with E-state index in [1.54, 1.807) is 0 Å². The minimum atomic E-state index is -4.49. The third-order valence-corrected chi connectivity index (χ3v) is 0.765. The Morgan fingerprint density at radius 2 is 1.89 bits per heavy atom. The van der Waals surface area contributed by atoms with Crippen LogP contribution in [0.2, 0.25) is 0 Å². The minimum absolute atomic E-state index is 0.208. The summed E-state index contributed by atoms with van der Waals surface area (Å²) in [7, 11) is 0. The number of alkyl halides is 3. The van der Waals surface area contributed by atoms with Gasteiger partial charge < -0.3 is 0 Å². The van der Waals surface area contributed by atoms with Gasteiger partial charge in [-0.2, -0.15) is 13.2 Å². The van der Waals surface area contributed by atoms with Gasteiger partial charge in [0.2, 0.25) is 0 Å². The number of allylic oxidation sites excluding steroid dienone is 2. The maximum Gasteiger partial charge on any atom is 0.419 e. The van der Waals surface area contributed by atoms with Crippen LogP contribution in [0.15, 0.2) is 11.6 Å². The molecule has 0 aliphatic heterocycles. The second kappa shape index (κ2) is 2.66. The normalized spacial score (nSPS) is 13.6. The molecule has 0 bridgehead atoms. The fourth-order valence-corrected chi connectivity index (χ4v) is 0.299. The molecule has 0 atom stereocenters. The Kier molecular flexibility index (Phi) is 2.42. The van der Waals surface area contributed by atoms with Gasteiger partial charge in [0.1, 0.15) is 0 Å². The molecule has 0 heterocycles. The molecular weight excluding hydrogens is 133 g/mol. The fourth-order valence-electron chi connectivity index (χ4n) is 0.299. The highest BCUT2D eigenvalue weighted by molar-refractivity contribution is 5.74. The second-order valence-corrected chi connectivity index (χ2v) is 1.36. The van der Waals surface area contributed by atoms with Crippen molar-refractivity contribution in [2.75, 3.05) is 0 Å². The van der Waals surface area contributed by atoms with Crippen LogP contribution in [-0.2, 0) is 4.79 Å². The Morgan fingerprint density at radius 1 is 1.44 bits per heavy atom. The van der Waals surface area contributed by atoms with Crippen LogP contribution in [0, 0.1) is 0 Å². The highest BCUT2D eigenvalue weighted by atomic mass is 19.4. The molecule has 1 nitrogen and oxygen atoms in total. The summed E-state index contributed by atoms with van der Waals surface area (Å²) in [6.07, 6.45) is -3.97. The van der Waals surface area contributed by atoms with E-state index in [0.717, 1.165) is 13.0 Å². The molecule has 9 heavy (non-hydrogen) atoms. The van der Waals surface area contributed by atoms with Crippen LogP contribution < -0.4 is 0 Å². The maximum atomic E-state index is 11.4. The van der Waals surface area contributed by atoms with E-state index in [0.29, 0.717) is 0 Å². The van der Waals surface area contributed by atoms with Crippen LogP contribution in [-0.4, -0.2) is 12.5 Å². The minimum Gasteiger partial charge on any atom is -0.298 e. The number of rotatable bonds is 1. The number of hydrogen-bond acceptors (Lipinski definition) is 1. The molecule has 4 heteroatoms. The van der Waals surface area contributed by atoms with Gasteiger partial charge in [-0.1, -0.05) is 6.08 Å². The number of halogens is 3. The number of hydrogen-bond donors (Lipinski definition) is 0. The van der Waals surface area contributed by atoms with Gasteiger partial charge in [0, 0.05) is 0 Å². The first-order valence-electron chi connectivity index (χ1n) is 2.21. The van der Waals surface area contributed by atoms with Gasteiger partial charge in [-0.25, -0.2) is 0 Å². The van der Waals surface area contributed by atoms with E-state index in [-0.39, 0.29) is 6.29 Å². The monoisotopic (exact) mass is 138 g/mol. The van der Waals surface area contributed by atoms with Gasteiger partial charge in [0.25, 0.3) is 0 Å². The largest absolute Gasteiger partial charge is 0.419 e. The predicted octanol–water partition coefficient (Wildman–Crippen LogP) is 1.69. The van der Waals surface area contributed by atoms with E-state index in [4.69, 9.17) is 0 Å². The Hall–Kier alpha value is -0.800. The van der Waals surface area contributed by atoms with Crippen molar-refractivity contribution in [1.29, 1.82) is 0 Å². The SMILES string of the molecule is CC=C(C=O)C(F)(F)F. The van der Waals surface area contributed by atoms with E-state index in [1.807, 2.05) is 0 Å². The van der Waals surface area contributed by atoms with Crippen molar-refractivity contribution < 1.29 is 18.0 Å². The van der Waals surface area contributed by atoms with Crippen LogP contribution >= 0.6 is 0 Å². The molecule has 0 N–H and O–H groups in total. The first kappa shape index (κ1) is 8.20. The molecule has 0 unspecified atom stereocenters. The molecule has 0 rings (SSSR count). The summed E-state index contributed by atoms with van der Waals surface area (Å²) in [6, 6.07) is 0. The first-order valence-corrected chi connectivity index (χ1v) is 2.21. The van der Waals surface area contributed by atoms with Crippen LogP contribution in [0.1, 0.15) is 6.92 Å². The summed E-state index contributed by atoms with van der Waals surface area (Å²) < 4.78 is 34.3. The number of carbonyl (C=O) groups excluding carboxylic acids is 1. The van der Waals surface area contributed by atoms with Crippen LogP contribution in [0.4, 0.5) is 13.2 Å². The summed E-state index contributed by atoms with van der Waals surface area (Å²) >= 11 is 0. The van der Waals surface area contributed by atoms with E-state index in [2.05, 4.69) is 0 Å². The summed E-state index contributed by atoms with van der Waals surface area (Å²) in [4.78, 5) is 9.59. The maximum absolute atomic E-state index is 11.4. The lowest BCUT2D eigenvalue weighted by Crippen LogP contribution is -2.12. The van der Waals surface area contributed by atoms with Crippen molar-refractivity contribution in [3.8, 4) is 0 Å². The zero-order chi connectivity index (χ0) is 7.49. The van der Waals surface area contributed by atoms with E-state index in [9.17, 15) is 18.0 Å². The molecule has 0 saturated heterocycles. The molecule has 0 aliphatic rings. The second-order valence-electron chi connectivity index (χ2n) is 1.36. The molecular formula is C5H5F3O. The van der Waals surface area contributed by atoms with E-state index >= 15 is 0 Å². The number of carbonyl (C=O) groups is 1. The van der Waals surface area contributed by atoms with Crippen molar-refractivity contribution >= 4 is 6.29 Å². The van der Waals surface area contributed by atoms with Crippen molar-refractivity contribution in [2.45, 2.75) is 13.1 Å². The molecule has 0 aromatic rings. The van der Waals surface area contributed by atoms with Crippen molar-refractivity contribution in [2.24, 2.45) is 0 Å². The molecule has 0 aromatic heterocycles. The molecule has 0 aromatic carbocycles. The zero-order valence-electron chi connectivity index (χ0n) is 4.70. The van der Waals surface area contributed by atoms with Crippen LogP contribution in [0.25, 0.3) is 0 Å². The average Bonchev–Trinajstić information content (AvgIpc) is 1.65. The Morgan fingerprint density at radius 3 is 1.89 bits per heavy atom. The van der Waals surface area contributed by atoms with E-state index < -0.39 is 11.7 Å². The average molecular weight is 138 g/mol. The lowest BCUT2D eigenvalue weighted by Gasteiger charge is -2.02. The van der Waals surface area contributed by atoms with Gasteiger partial charge in [0.05, 0.1) is 5.57 Å². The third kappa shape index (κ3) is 2.30. The van der Waals surface area contributed by atoms with Gasteiger partial charge in [-0.15, -0.1) is 0 Å². The predicted molar refractivity (Wildman–Crippen MR) is 25.9 cm³/mol. The number of aldehydes is 1. The molecule has 0 radical (unpaired) electrons. The summed E-state index contributed by atoms with van der Waals surface area (Å²) in [5.41, 5.74) is -1.14. The molecule has 0 spiro atoms. The Bertz CT molecular complexity index is 134. The summed E-state index contributed by atoms with van der Waals surface area (Å²) in [5, 5.41) is 0. The smallest absolute Gasteiger partial charge is 0.298 e. The van der Waals surface area contributed by atoms with Crippen molar-refractivity contribution in [1.82, 2.24) is 0 Å². The summed E-state index contributed by atoms with van der Waals surface area (Å²) in [5.74, 6) is 0. The lowest BCUT2D eigenvalue weighted by atomic mass is 10.3. The lowest BCUT2D eigenvalue weighted by molar-refractivity contribution is -0.119. The van der Waals surface area contributed by atoms with E-state index in [1.165, 1.54) is 0 Å². The van der Waals surface area contributed by atoms with Crippen molar-refractivity contribution in [3.05, 3.63) is 11.6 Å². The van der Waals surface area contributed by atoms with Gasteiger partial charge in [-0.05, 0) is 6.92 Å². The molecule has 0 fully saturated rings. The van der Waals surface area contributed by atoms with Gasteiger partial charge in [0.15, 0.2) is 6.29 Å². The highest BCUT2D eigenvalue weighted by Crippen LogP contribution is 2.23.